The number of nitrogens with one attached hydrogen (secondary N) is 1. The topological polar surface area (TPSA) is 46.9 Å². The highest BCUT2D eigenvalue weighted by Crippen LogP contribution is 2.24. The van der Waals surface area contributed by atoms with E-state index in [2.05, 4.69) is 10.4 Å². The molecule has 3 aromatic rings. The monoisotopic (exact) mass is 309 g/mol. The van der Waals surface area contributed by atoms with Crippen LogP contribution >= 0.6 is 0 Å². The van der Waals surface area contributed by atoms with Crippen molar-refractivity contribution in [3.63, 3.8) is 0 Å². The number of amides is 1. The number of rotatable bonds is 4. The first-order valence-electron chi connectivity index (χ1n) is 7.28. The van der Waals surface area contributed by atoms with Crippen molar-refractivity contribution in [2.45, 2.75) is 13.5 Å². The minimum atomic E-state index is -0.292. The highest BCUT2D eigenvalue weighted by Gasteiger charge is 2.12. The van der Waals surface area contributed by atoms with Gasteiger partial charge < -0.3 is 5.32 Å². The van der Waals surface area contributed by atoms with E-state index in [0.29, 0.717) is 6.54 Å². The lowest BCUT2D eigenvalue weighted by Gasteiger charge is -2.03. The summed E-state index contributed by atoms with van der Waals surface area (Å²) in [5, 5.41) is 7.38. The number of nitrogens with zero attached hydrogens (tertiary/aromatic N) is 2. The standard InChI is InChI=1S/C18H16FN3O/c1-13(23)20-11-15-12-22(17-5-3-2-4-6-17)21-18(15)14-7-9-16(19)10-8-14/h2-10,12H,11H2,1H3,(H,20,23). The average molecular weight is 309 g/mol. The average Bonchev–Trinajstić information content (AvgIpc) is 2.99. The largest absolute Gasteiger partial charge is 0.352 e. The summed E-state index contributed by atoms with van der Waals surface area (Å²) in [4.78, 5) is 11.2. The molecule has 1 aromatic heterocycles. The number of halogens is 1. The number of hydrogen-bond donors (Lipinski definition) is 1. The van der Waals surface area contributed by atoms with E-state index in [-0.39, 0.29) is 11.7 Å². The van der Waals surface area contributed by atoms with Gasteiger partial charge in [-0.2, -0.15) is 5.10 Å². The SMILES string of the molecule is CC(=O)NCc1cn(-c2ccccc2)nc1-c1ccc(F)cc1. The van der Waals surface area contributed by atoms with Gasteiger partial charge in [-0.3, -0.25) is 4.79 Å². The molecule has 23 heavy (non-hydrogen) atoms. The normalized spacial score (nSPS) is 10.5. The second-order valence-electron chi connectivity index (χ2n) is 5.20. The molecule has 0 spiro atoms. The summed E-state index contributed by atoms with van der Waals surface area (Å²) in [6, 6.07) is 15.9. The Morgan fingerprint density at radius 2 is 1.83 bits per heavy atom. The van der Waals surface area contributed by atoms with Crippen LogP contribution in [0.25, 0.3) is 16.9 Å². The number of para-hydroxylation sites is 1. The molecule has 0 saturated carbocycles. The predicted octanol–water partition coefficient (Wildman–Crippen LogP) is 3.31. The molecule has 116 valence electrons. The Labute approximate surface area is 133 Å². The summed E-state index contributed by atoms with van der Waals surface area (Å²) < 4.78 is 14.9. The summed E-state index contributed by atoms with van der Waals surface area (Å²) in [5.74, 6) is -0.401. The first-order valence-corrected chi connectivity index (χ1v) is 7.28. The van der Waals surface area contributed by atoms with Crippen LogP contribution in [-0.2, 0) is 11.3 Å². The zero-order valence-electron chi connectivity index (χ0n) is 12.7. The van der Waals surface area contributed by atoms with Crippen LogP contribution in [-0.4, -0.2) is 15.7 Å². The summed E-state index contributed by atoms with van der Waals surface area (Å²) >= 11 is 0. The van der Waals surface area contributed by atoms with E-state index >= 15 is 0 Å². The molecular weight excluding hydrogens is 293 g/mol. The van der Waals surface area contributed by atoms with Crippen LogP contribution in [0, 0.1) is 5.82 Å². The highest BCUT2D eigenvalue weighted by atomic mass is 19.1. The first-order chi connectivity index (χ1) is 11.1. The molecular formula is C18H16FN3O. The second-order valence-corrected chi connectivity index (χ2v) is 5.20. The lowest BCUT2D eigenvalue weighted by Crippen LogP contribution is -2.18. The van der Waals surface area contributed by atoms with Gasteiger partial charge in [0.2, 0.25) is 5.91 Å². The minimum Gasteiger partial charge on any atom is -0.352 e. The predicted molar refractivity (Wildman–Crippen MR) is 86.5 cm³/mol. The molecule has 0 unspecified atom stereocenters. The van der Waals surface area contributed by atoms with E-state index in [9.17, 15) is 9.18 Å². The van der Waals surface area contributed by atoms with Gasteiger partial charge in [-0.25, -0.2) is 9.07 Å². The third kappa shape index (κ3) is 3.45. The highest BCUT2D eigenvalue weighted by molar-refractivity contribution is 5.73. The number of hydrogen-bond acceptors (Lipinski definition) is 2. The van der Waals surface area contributed by atoms with Crippen molar-refractivity contribution >= 4 is 5.91 Å². The van der Waals surface area contributed by atoms with E-state index in [4.69, 9.17) is 0 Å². The Bertz CT molecular complexity index is 810. The molecule has 0 saturated heterocycles. The van der Waals surface area contributed by atoms with Crippen molar-refractivity contribution < 1.29 is 9.18 Å². The maximum absolute atomic E-state index is 13.1. The molecule has 5 heteroatoms. The van der Waals surface area contributed by atoms with Gasteiger partial charge in [0.05, 0.1) is 11.4 Å². The summed E-state index contributed by atoms with van der Waals surface area (Å²) in [5.41, 5.74) is 3.32. The molecule has 0 bridgehead atoms. The molecule has 0 fully saturated rings. The van der Waals surface area contributed by atoms with Crippen LogP contribution in [0.2, 0.25) is 0 Å². The fourth-order valence-electron chi connectivity index (χ4n) is 2.32. The third-order valence-electron chi connectivity index (χ3n) is 3.46. The lowest BCUT2D eigenvalue weighted by molar-refractivity contribution is -0.119. The van der Waals surface area contributed by atoms with Crippen molar-refractivity contribution in [1.29, 1.82) is 0 Å². The number of benzene rings is 2. The van der Waals surface area contributed by atoms with Crippen molar-refractivity contribution in [1.82, 2.24) is 15.1 Å². The van der Waals surface area contributed by atoms with E-state index in [1.807, 2.05) is 36.5 Å². The Morgan fingerprint density at radius 3 is 2.48 bits per heavy atom. The molecule has 0 atom stereocenters. The number of carbonyl (C=O) groups excluding carboxylic acids is 1. The van der Waals surface area contributed by atoms with Gasteiger partial charge in [-0.1, -0.05) is 18.2 Å². The first kappa shape index (κ1) is 15.0. The Kier molecular flexibility index (Phi) is 4.19. The van der Waals surface area contributed by atoms with Gasteiger partial charge in [-0.15, -0.1) is 0 Å². The summed E-state index contributed by atoms with van der Waals surface area (Å²) in [6.07, 6.45) is 1.88. The second kappa shape index (κ2) is 6.44. The fourth-order valence-corrected chi connectivity index (χ4v) is 2.32. The Balaban J connectivity index is 2.03. The molecule has 0 radical (unpaired) electrons. The fraction of sp³-hybridized carbons (Fsp3) is 0.111. The van der Waals surface area contributed by atoms with Gasteiger partial charge in [0.1, 0.15) is 5.82 Å². The lowest BCUT2D eigenvalue weighted by atomic mass is 10.1. The van der Waals surface area contributed by atoms with E-state index in [1.165, 1.54) is 19.1 Å². The molecule has 3 rings (SSSR count). The van der Waals surface area contributed by atoms with Crippen molar-refractivity contribution in [3.05, 3.63) is 72.2 Å². The molecule has 0 aliphatic carbocycles. The van der Waals surface area contributed by atoms with Crippen molar-refractivity contribution in [2.75, 3.05) is 0 Å². The molecule has 1 heterocycles. The van der Waals surface area contributed by atoms with E-state index in [0.717, 1.165) is 22.5 Å². The van der Waals surface area contributed by atoms with Gasteiger partial charge >= 0.3 is 0 Å². The maximum Gasteiger partial charge on any atom is 0.217 e. The van der Waals surface area contributed by atoms with E-state index < -0.39 is 0 Å². The zero-order valence-corrected chi connectivity index (χ0v) is 12.7. The van der Waals surface area contributed by atoms with Gasteiger partial charge in [0, 0.05) is 30.8 Å². The zero-order chi connectivity index (χ0) is 16.2. The Morgan fingerprint density at radius 1 is 1.13 bits per heavy atom. The van der Waals surface area contributed by atoms with E-state index in [1.54, 1.807) is 16.8 Å². The van der Waals surface area contributed by atoms with Crippen molar-refractivity contribution in [2.24, 2.45) is 0 Å². The molecule has 0 aliphatic rings. The smallest absolute Gasteiger partial charge is 0.217 e. The van der Waals surface area contributed by atoms with Crippen LogP contribution in [0.5, 0.6) is 0 Å². The van der Waals surface area contributed by atoms with Gasteiger partial charge in [0.15, 0.2) is 0 Å². The number of aromatic nitrogens is 2. The third-order valence-corrected chi connectivity index (χ3v) is 3.46. The number of carbonyl (C=O) groups is 1. The summed E-state index contributed by atoms with van der Waals surface area (Å²) in [7, 11) is 0. The minimum absolute atomic E-state index is 0.109. The maximum atomic E-state index is 13.1. The van der Waals surface area contributed by atoms with Gasteiger partial charge in [0.25, 0.3) is 0 Å². The molecule has 1 N–H and O–H groups in total. The molecule has 4 nitrogen and oxygen atoms in total. The van der Waals surface area contributed by atoms with Crippen LogP contribution < -0.4 is 5.32 Å². The quantitative estimate of drug-likeness (QED) is 0.803. The van der Waals surface area contributed by atoms with Crippen LogP contribution in [0.15, 0.2) is 60.8 Å². The molecule has 0 aliphatic heterocycles. The van der Waals surface area contributed by atoms with Crippen LogP contribution in [0.3, 0.4) is 0 Å². The summed E-state index contributed by atoms with van der Waals surface area (Å²) in [6.45, 7) is 1.84. The Hall–Kier alpha value is -2.95. The molecule has 1 amide bonds. The molecule has 2 aromatic carbocycles. The van der Waals surface area contributed by atoms with Crippen molar-refractivity contribution in [3.8, 4) is 16.9 Å². The van der Waals surface area contributed by atoms with Crippen LogP contribution in [0.4, 0.5) is 4.39 Å². The van der Waals surface area contributed by atoms with Crippen LogP contribution in [0.1, 0.15) is 12.5 Å². The van der Waals surface area contributed by atoms with Gasteiger partial charge in [-0.05, 0) is 36.4 Å².